The highest BCUT2D eigenvalue weighted by Crippen LogP contribution is 2.37. The standard InChI is InChI=1S/C16H19F5N2O2/c17-15(18,16(19,20)21)9-25-13-8-11-4-2-1-3-10(11)7-12(13)14(24)23-6-5-22/h7-8H,1-6,9,22H2,(H,23,24). The lowest BCUT2D eigenvalue weighted by molar-refractivity contribution is -0.290. The molecule has 9 heteroatoms. The highest BCUT2D eigenvalue weighted by atomic mass is 19.4. The number of fused-ring (bicyclic) bond motifs is 1. The molecule has 1 aliphatic carbocycles. The molecule has 0 saturated carbocycles. The van der Waals surface area contributed by atoms with Crippen molar-refractivity contribution in [3.8, 4) is 5.75 Å². The molecule has 0 heterocycles. The molecule has 0 fully saturated rings. The van der Waals surface area contributed by atoms with Crippen molar-refractivity contribution in [1.29, 1.82) is 0 Å². The Balaban J connectivity index is 2.29. The number of carbonyl (C=O) groups excluding carboxylic acids is 1. The van der Waals surface area contributed by atoms with Gasteiger partial charge in [-0.25, -0.2) is 0 Å². The molecule has 25 heavy (non-hydrogen) atoms. The van der Waals surface area contributed by atoms with Crippen LogP contribution in [0.1, 0.15) is 34.3 Å². The first-order valence-electron chi connectivity index (χ1n) is 7.87. The molecule has 0 aromatic heterocycles. The fourth-order valence-electron chi connectivity index (χ4n) is 2.59. The summed E-state index contributed by atoms with van der Waals surface area (Å²) in [6.45, 7) is -1.57. The predicted molar refractivity (Wildman–Crippen MR) is 81.0 cm³/mol. The highest BCUT2D eigenvalue weighted by molar-refractivity contribution is 5.97. The summed E-state index contributed by atoms with van der Waals surface area (Å²) in [6, 6.07) is 2.89. The van der Waals surface area contributed by atoms with E-state index >= 15 is 0 Å². The Labute approximate surface area is 141 Å². The number of benzene rings is 1. The van der Waals surface area contributed by atoms with Crippen molar-refractivity contribution in [2.45, 2.75) is 37.8 Å². The molecule has 0 bridgehead atoms. The molecular formula is C16H19F5N2O2. The molecule has 2 rings (SSSR count). The number of aryl methyl sites for hydroxylation is 2. The van der Waals surface area contributed by atoms with Crippen LogP contribution < -0.4 is 15.8 Å². The summed E-state index contributed by atoms with van der Waals surface area (Å²) in [5.41, 5.74) is 6.91. The van der Waals surface area contributed by atoms with Crippen LogP contribution in [0.15, 0.2) is 12.1 Å². The normalized spacial score (nSPS) is 14.8. The van der Waals surface area contributed by atoms with Gasteiger partial charge in [0, 0.05) is 13.1 Å². The first-order valence-corrected chi connectivity index (χ1v) is 7.87. The highest BCUT2D eigenvalue weighted by Gasteiger charge is 2.58. The second-order valence-corrected chi connectivity index (χ2v) is 5.86. The molecule has 1 aromatic rings. The number of amides is 1. The number of nitrogens with two attached hydrogens (primary N) is 1. The maximum atomic E-state index is 13.1. The van der Waals surface area contributed by atoms with Crippen molar-refractivity contribution in [1.82, 2.24) is 5.32 Å². The van der Waals surface area contributed by atoms with E-state index in [-0.39, 0.29) is 24.4 Å². The fraction of sp³-hybridized carbons (Fsp3) is 0.562. The molecule has 4 nitrogen and oxygen atoms in total. The first kappa shape index (κ1) is 19.4. The third kappa shape index (κ3) is 4.59. The fourth-order valence-corrected chi connectivity index (χ4v) is 2.59. The number of halogens is 5. The maximum Gasteiger partial charge on any atom is 0.456 e. The minimum absolute atomic E-state index is 0.0629. The van der Waals surface area contributed by atoms with Gasteiger partial charge in [-0.15, -0.1) is 0 Å². The molecule has 0 unspecified atom stereocenters. The van der Waals surface area contributed by atoms with Gasteiger partial charge in [0.25, 0.3) is 5.91 Å². The largest absolute Gasteiger partial charge is 0.486 e. The third-order valence-electron chi connectivity index (χ3n) is 3.94. The van der Waals surface area contributed by atoms with E-state index in [1.807, 2.05) is 0 Å². The number of alkyl halides is 5. The molecular weight excluding hydrogens is 347 g/mol. The molecule has 0 spiro atoms. The van der Waals surface area contributed by atoms with Gasteiger partial charge in [0.15, 0.2) is 6.61 Å². The van der Waals surface area contributed by atoms with Crippen LogP contribution in [-0.4, -0.2) is 37.7 Å². The SMILES string of the molecule is NCCNC(=O)c1cc2c(cc1OCC(F)(F)C(F)(F)F)CCCC2. The molecule has 1 aromatic carbocycles. The molecule has 0 atom stereocenters. The van der Waals surface area contributed by atoms with E-state index in [4.69, 9.17) is 10.5 Å². The van der Waals surface area contributed by atoms with Crippen molar-refractivity contribution in [2.75, 3.05) is 19.7 Å². The summed E-state index contributed by atoms with van der Waals surface area (Å²) in [5, 5.41) is 2.47. The Morgan fingerprint density at radius 3 is 2.28 bits per heavy atom. The Hall–Kier alpha value is -1.90. The minimum atomic E-state index is -5.72. The van der Waals surface area contributed by atoms with Crippen LogP contribution in [0.4, 0.5) is 22.0 Å². The summed E-state index contributed by atoms with van der Waals surface area (Å²) >= 11 is 0. The number of carbonyl (C=O) groups is 1. The molecule has 3 N–H and O–H groups in total. The van der Waals surface area contributed by atoms with E-state index in [2.05, 4.69) is 5.32 Å². The summed E-state index contributed by atoms with van der Waals surface area (Å²) in [5.74, 6) is -5.91. The van der Waals surface area contributed by atoms with Gasteiger partial charge in [0.05, 0.1) is 5.56 Å². The van der Waals surface area contributed by atoms with Crippen molar-refractivity contribution >= 4 is 5.91 Å². The summed E-state index contributed by atoms with van der Waals surface area (Å²) in [7, 11) is 0. The van der Waals surface area contributed by atoms with Crippen molar-refractivity contribution < 1.29 is 31.5 Å². The van der Waals surface area contributed by atoms with Gasteiger partial charge in [0.2, 0.25) is 0 Å². The number of ether oxygens (including phenoxy) is 1. The smallest absolute Gasteiger partial charge is 0.456 e. The predicted octanol–water partition coefficient (Wildman–Crippen LogP) is 2.83. The van der Waals surface area contributed by atoms with E-state index in [0.29, 0.717) is 12.8 Å². The van der Waals surface area contributed by atoms with Gasteiger partial charge in [-0.3, -0.25) is 4.79 Å². The zero-order valence-electron chi connectivity index (χ0n) is 13.4. The van der Waals surface area contributed by atoms with Gasteiger partial charge in [-0.05, 0) is 48.9 Å². The van der Waals surface area contributed by atoms with Crippen LogP contribution in [0.25, 0.3) is 0 Å². The van der Waals surface area contributed by atoms with Gasteiger partial charge >= 0.3 is 12.1 Å². The van der Waals surface area contributed by atoms with Crippen LogP contribution in [0.5, 0.6) is 5.75 Å². The van der Waals surface area contributed by atoms with E-state index in [1.54, 1.807) is 0 Å². The Morgan fingerprint density at radius 1 is 1.12 bits per heavy atom. The second kappa shape index (κ2) is 7.55. The number of nitrogens with one attached hydrogen (secondary N) is 1. The summed E-state index contributed by atoms with van der Waals surface area (Å²) < 4.78 is 67.9. The molecule has 0 aliphatic heterocycles. The maximum absolute atomic E-state index is 13.1. The van der Waals surface area contributed by atoms with Crippen LogP contribution in [0.2, 0.25) is 0 Å². The van der Waals surface area contributed by atoms with Gasteiger partial charge in [-0.1, -0.05) is 0 Å². The van der Waals surface area contributed by atoms with Crippen LogP contribution in [0, 0.1) is 0 Å². The lowest BCUT2D eigenvalue weighted by Crippen LogP contribution is -2.42. The Kier molecular flexibility index (Phi) is 5.87. The summed E-state index contributed by atoms with van der Waals surface area (Å²) in [4.78, 5) is 12.2. The minimum Gasteiger partial charge on any atom is -0.486 e. The van der Waals surface area contributed by atoms with Crippen LogP contribution in [0.3, 0.4) is 0 Å². The zero-order valence-corrected chi connectivity index (χ0v) is 13.4. The lowest BCUT2D eigenvalue weighted by atomic mass is 9.89. The first-order chi connectivity index (χ1) is 11.7. The molecule has 140 valence electrons. The number of rotatable bonds is 6. The van der Waals surface area contributed by atoms with E-state index in [0.717, 1.165) is 24.0 Å². The topological polar surface area (TPSA) is 64.3 Å². The van der Waals surface area contributed by atoms with E-state index in [9.17, 15) is 26.7 Å². The molecule has 0 saturated heterocycles. The quantitative estimate of drug-likeness (QED) is 0.761. The van der Waals surface area contributed by atoms with Gasteiger partial charge < -0.3 is 15.8 Å². The van der Waals surface area contributed by atoms with Crippen LogP contribution >= 0.6 is 0 Å². The van der Waals surface area contributed by atoms with Crippen molar-refractivity contribution in [3.05, 3.63) is 28.8 Å². The van der Waals surface area contributed by atoms with Crippen molar-refractivity contribution in [2.24, 2.45) is 5.73 Å². The lowest BCUT2D eigenvalue weighted by Gasteiger charge is -2.23. The third-order valence-corrected chi connectivity index (χ3v) is 3.94. The average molecular weight is 366 g/mol. The average Bonchev–Trinajstić information content (AvgIpc) is 2.56. The van der Waals surface area contributed by atoms with Gasteiger partial charge in [0.1, 0.15) is 5.75 Å². The molecule has 0 radical (unpaired) electrons. The Bertz CT molecular complexity index is 632. The van der Waals surface area contributed by atoms with Crippen LogP contribution in [-0.2, 0) is 12.8 Å². The summed E-state index contributed by atoms with van der Waals surface area (Å²) in [6.07, 6.45) is -2.55. The van der Waals surface area contributed by atoms with Gasteiger partial charge in [-0.2, -0.15) is 22.0 Å². The van der Waals surface area contributed by atoms with E-state index < -0.39 is 24.6 Å². The molecule has 1 aliphatic rings. The van der Waals surface area contributed by atoms with Crippen molar-refractivity contribution in [3.63, 3.8) is 0 Å². The number of hydrogen-bond donors (Lipinski definition) is 2. The van der Waals surface area contributed by atoms with E-state index in [1.165, 1.54) is 12.1 Å². The molecule has 1 amide bonds. The number of hydrogen-bond acceptors (Lipinski definition) is 3. The Morgan fingerprint density at radius 2 is 1.72 bits per heavy atom. The monoisotopic (exact) mass is 366 g/mol. The zero-order chi connectivity index (χ0) is 18.7. The second-order valence-electron chi connectivity index (χ2n) is 5.86.